The predicted octanol–water partition coefficient (Wildman–Crippen LogP) is 5.54. The molecule has 1 atom stereocenters. The number of aliphatic hydroxyl groups is 1. The number of amides is 1. The number of aromatic nitrogens is 2. The van der Waals surface area contributed by atoms with E-state index in [9.17, 15) is 14.7 Å². The van der Waals surface area contributed by atoms with Crippen molar-refractivity contribution in [3.8, 4) is 11.5 Å². The normalized spacial score (nSPS) is 16.8. The molecule has 226 valence electrons. The van der Waals surface area contributed by atoms with Crippen LogP contribution in [0.4, 0.5) is 0 Å². The summed E-state index contributed by atoms with van der Waals surface area (Å²) < 4.78 is 13.9. The molecule has 9 nitrogen and oxygen atoms in total. The van der Waals surface area contributed by atoms with Crippen molar-refractivity contribution in [2.45, 2.75) is 60.9 Å². The van der Waals surface area contributed by atoms with E-state index in [1.165, 1.54) is 0 Å². The number of likely N-dealkylation sites (tertiary alicyclic amines) is 1. The molecule has 1 aliphatic heterocycles. The lowest BCUT2D eigenvalue weighted by Gasteiger charge is -2.28. The van der Waals surface area contributed by atoms with Gasteiger partial charge in [0.05, 0.1) is 30.5 Å². The fraction of sp³-hybridized carbons (Fsp3) is 0.485. The summed E-state index contributed by atoms with van der Waals surface area (Å²) in [7, 11) is 0. The van der Waals surface area contributed by atoms with Gasteiger partial charge in [-0.15, -0.1) is 0 Å². The Labute approximate surface area is 248 Å². The van der Waals surface area contributed by atoms with Crippen molar-refractivity contribution < 1.29 is 24.2 Å². The average Bonchev–Trinajstić information content (AvgIpc) is 3.44. The van der Waals surface area contributed by atoms with Crippen LogP contribution in [0.25, 0.3) is 11.4 Å². The molecule has 1 saturated heterocycles. The molecule has 0 saturated carbocycles. The molecule has 9 heteroatoms. The van der Waals surface area contributed by atoms with E-state index in [4.69, 9.17) is 14.5 Å². The van der Waals surface area contributed by atoms with E-state index in [0.717, 1.165) is 25.1 Å². The summed E-state index contributed by atoms with van der Waals surface area (Å²) >= 11 is 0. The molecule has 3 heterocycles. The number of carbonyl (C=O) groups is 2. The Hall–Kier alpha value is -3.85. The van der Waals surface area contributed by atoms with Crippen LogP contribution in [0.2, 0.25) is 0 Å². The molecule has 0 radical (unpaired) electrons. The molecule has 1 aromatic carbocycles. The summed E-state index contributed by atoms with van der Waals surface area (Å²) in [6.45, 7) is 17.6. The molecule has 2 aromatic heterocycles. The zero-order valence-electron chi connectivity index (χ0n) is 25.9. The number of aryl methyl sites for hydroxylation is 2. The quantitative estimate of drug-likeness (QED) is 0.162. The molecule has 1 aliphatic rings. The topological polar surface area (TPSA) is 96.6 Å². The maximum atomic E-state index is 13.7. The van der Waals surface area contributed by atoms with Crippen LogP contribution in [0.1, 0.15) is 69.6 Å². The third-order valence-electron chi connectivity index (χ3n) is 7.94. The van der Waals surface area contributed by atoms with Gasteiger partial charge in [-0.2, -0.15) is 0 Å². The summed E-state index contributed by atoms with van der Waals surface area (Å²) in [5.74, 6) is -0.000619. The van der Waals surface area contributed by atoms with Gasteiger partial charge in [0.15, 0.2) is 17.3 Å². The van der Waals surface area contributed by atoms with Crippen molar-refractivity contribution in [3.63, 3.8) is 0 Å². The molecule has 1 fully saturated rings. The summed E-state index contributed by atoms with van der Waals surface area (Å²) in [5, 5.41) is 11.7. The third kappa shape index (κ3) is 6.16. The minimum Gasteiger partial charge on any atom is -0.505 e. The van der Waals surface area contributed by atoms with Crippen molar-refractivity contribution >= 4 is 23.1 Å². The van der Waals surface area contributed by atoms with Gasteiger partial charge in [0.25, 0.3) is 11.7 Å². The molecule has 0 spiro atoms. The third-order valence-corrected chi connectivity index (χ3v) is 7.94. The van der Waals surface area contributed by atoms with Crippen LogP contribution in [-0.4, -0.2) is 75.4 Å². The predicted molar refractivity (Wildman–Crippen MR) is 164 cm³/mol. The number of nitrogens with zero attached hydrogens (tertiary/aromatic N) is 4. The summed E-state index contributed by atoms with van der Waals surface area (Å²) in [6, 6.07) is 8.54. The fourth-order valence-corrected chi connectivity index (χ4v) is 5.41. The zero-order chi connectivity index (χ0) is 30.6. The second kappa shape index (κ2) is 13.4. The average molecular weight is 577 g/mol. The highest BCUT2D eigenvalue weighted by molar-refractivity contribution is 6.46. The van der Waals surface area contributed by atoms with Gasteiger partial charge in [-0.3, -0.25) is 9.59 Å². The highest BCUT2D eigenvalue weighted by atomic mass is 16.5. The van der Waals surface area contributed by atoms with Crippen LogP contribution in [0.15, 0.2) is 42.1 Å². The highest BCUT2D eigenvalue weighted by Crippen LogP contribution is 2.42. The number of rotatable bonds is 13. The second-order valence-corrected chi connectivity index (χ2v) is 11.1. The fourth-order valence-electron chi connectivity index (χ4n) is 5.41. The van der Waals surface area contributed by atoms with Crippen molar-refractivity contribution in [2.75, 3.05) is 39.4 Å². The van der Waals surface area contributed by atoms with E-state index < -0.39 is 17.7 Å². The lowest BCUT2D eigenvalue weighted by molar-refractivity contribution is -0.140. The maximum absolute atomic E-state index is 13.7. The standard InChI is InChI=1S/C33H44N4O5/c1-8-35(9-2)17-18-37-29(24-13-14-25(26(20-24)41-10-3)42-19-15-21(4)5)27(31(39)33(37)40)30(38)28-23(7)36-16-11-12-22(6)32(36)34-28/h11-14,16,20-21,29,38H,8-10,15,17-19H2,1-7H3. The van der Waals surface area contributed by atoms with Crippen LogP contribution in [0, 0.1) is 19.8 Å². The number of hydrogen-bond donors (Lipinski definition) is 1. The highest BCUT2D eigenvalue weighted by Gasteiger charge is 2.46. The van der Waals surface area contributed by atoms with E-state index in [1.807, 2.05) is 61.7 Å². The van der Waals surface area contributed by atoms with E-state index in [-0.39, 0.29) is 17.0 Å². The molecule has 4 rings (SSSR count). The van der Waals surface area contributed by atoms with Crippen molar-refractivity contribution in [1.82, 2.24) is 19.2 Å². The number of ketones is 1. The number of benzene rings is 1. The van der Waals surface area contributed by atoms with Gasteiger partial charge in [0.2, 0.25) is 0 Å². The van der Waals surface area contributed by atoms with Gasteiger partial charge >= 0.3 is 0 Å². The number of hydrogen-bond acceptors (Lipinski definition) is 7. The summed E-state index contributed by atoms with van der Waals surface area (Å²) in [5.41, 5.74) is 3.28. The smallest absolute Gasteiger partial charge is 0.295 e. The molecule has 0 bridgehead atoms. The van der Waals surface area contributed by atoms with Gasteiger partial charge in [-0.1, -0.05) is 39.8 Å². The first kappa shape index (κ1) is 31.1. The molecule has 1 N–H and O–H groups in total. The molecular formula is C33H44N4O5. The van der Waals surface area contributed by atoms with Crippen LogP contribution >= 0.6 is 0 Å². The number of aliphatic hydroxyl groups excluding tert-OH is 1. The molecule has 1 amide bonds. The number of carbonyl (C=O) groups excluding carboxylic acids is 2. The first-order valence-corrected chi connectivity index (χ1v) is 15.0. The Kier molecular flexibility index (Phi) is 9.93. The Bertz CT molecular complexity index is 1470. The Balaban J connectivity index is 1.85. The van der Waals surface area contributed by atoms with E-state index >= 15 is 0 Å². The van der Waals surface area contributed by atoms with Crippen molar-refractivity contribution in [3.05, 3.63) is 64.6 Å². The monoisotopic (exact) mass is 576 g/mol. The number of pyridine rings is 1. The zero-order valence-corrected chi connectivity index (χ0v) is 25.9. The first-order chi connectivity index (χ1) is 20.1. The number of imidazole rings is 1. The minimum atomic E-state index is -0.810. The largest absolute Gasteiger partial charge is 0.505 e. The Morgan fingerprint density at radius 3 is 2.45 bits per heavy atom. The van der Waals surface area contributed by atoms with E-state index in [2.05, 4.69) is 32.6 Å². The number of Topliss-reactive ketones (excluding diaryl/α,β-unsaturated/α-hetero) is 1. The van der Waals surface area contributed by atoms with E-state index in [1.54, 1.807) is 4.90 Å². The molecule has 0 aliphatic carbocycles. The second-order valence-electron chi connectivity index (χ2n) is 11.1. The lowest BCUT2D eigenvalue weighted by atomic mass is 9.96. The van der Waals surface area contributed by atoms with Crippen LogP contribution in [0.3, 0.4) is 0 Å². The summed E-state index contributed by atoms with van der Waals surface area (Å²) in [6.07, 6.45) is 2.77. The SMILES string of the molecule is CCOc1cc(C2C(=C(O)c3nc4c(C)cccn4c3C)C(=O)C(=O)N2CCN(CC)CC)ccc1OCCC(C)C. The van der Waals surface area contributed by atoms with Gasteiger partial charge in [-0.25, -0.2) is 4.98 Å². The van der Waals surface area contributed by atoms with Gasteiger partial charge < -0.3 is 28.8 Å². The van der Waals surface area contributed by atoms with Crippen molar-refractivity contribution in [2.24, 2.45) is 5.92 Å². The molecule has 1 unspecified atom stereocenters. The van der Waals surface area contributed by atoms with Crippen molar-refractivity contribution in [1.29, 1.82) is 0 Å². The van der Waals surface area contributed by atoms with E-state index in [0.29, 0.717) is 60.6 Å². The molecular weight excluding hydrogens is 532 g/mol. The van der Waals surface area contributed by atoms with Crippen LogP contribution in [0.5, 0.6) is 11.5 Å². The van der Waals surface area contributed by atoms with Crippen LogP contribution < -0.4 is 9.47 Å². The maximum Gasteiger partial charge on any atom is 0.295 e. The van der Waals surface area contributed by atoms with Gasteiger partial charge in [0, 0.05) is 19.3 Å². The number of ether oxygens (including phenoxy) is 2. The van der Waals surface area contributed by atoms with Crippen LogP contribution in [-0.2, 0) is 9.59 Å². The molecule has 42 heavy (non-hydrogen) atoms. The first-order valence-electron chi connectivity index (χ1n) is 15.0. The van der Waals surface area contributed by atoms with Gasteiger partial charge in [-0.05, 0) is 75.5 Å². The van der Waals surface area contributed by atoms with Gasteiger partial charge in [0.1, 0.15) is 11.3 Å². The Morgan fingerprint density at radius 1 is 1.07 bits per heavy atom. The summed E-state index contributed by atoms with van der Waals surface area (Å²) in [4.78, 5) is 35.7. The number of likely N-dealkylation sites (N-methyl/N-ethyl adjacent to an activating group) is 1. The number of fused-ring (bicyclic) bond motifs is 1. The molecule has 3 aromatic rings. The Morgan fingerprint density at radius 2 is 1.81 bits per heavy atom. The lowest BCUT2D eigenvalue weighted by Crippen LogP contribution is -2.38. The minimum absolute atomic E-state index is 0.0274.